The van der Waals surface area contributed by atoms with Crippen LogP contribution in [0.4, 0.5) is 0 Å². The van der Waals surface area contributed by atoms with Crippen LogP contribution in [0.25, 0.3) is 11.0 Å². The summed E-state index contributed by atoms with van der Waals surface area (Å²) in [6, 6.07) is 13.6. The monoisotopic (exact) mass is 372 g/mol. The number of carbonyl (C=O) groups excluding carboxylic acids is 1. The zero-order valence-electron chi connectivity index (χ0n) is 15.1. The third-order valence-corrected chi connectivity index (χ3v) is 4.98. The Morgan fingerprint density at radius 3 is 2.64 bits per heavy atom. The first kappa shape index (κ1) is 16.5. The van der Waals surface area contributed by atoms with Gasteiger partial charge in [0.2, 0.25) is 5.76 Å². The second kappa shape index (κ2) is 6.20. The minimum atomic E-state index is -0.641. The van der Waals surface area contributed by atoms with Gasteiger partial charge in [0.25, 0.3) is 5.91 Å². The standard InChI is InChI=1S/C22H16N2O4/c1-13-8-9-17(27-13)19-18-20(25)15-6-2-3-7-16(15)28-21(18)22(26)24(19)12-14-5-4-10-23-11-14/h2-11,19H,12H2,1H3. The number of carbonyl (C=O) groups is 1. The molecule has 0 spiro atoms. The van der Waals surface area contributed by atoms with Crippen LogP contribution in [0.5, 0.6) is 0 Å². The van der Waals surface area contributed by atoms with Gasteiger partial charge in [-0.3, -0.25) is 14.6 Å². The lowest BCUT2D eigenvalue weighted by Gasteiger charge is -2.23. The fourth-order valence-electron chi connectivity index (χ4n) is 3.71. The van der Waals surface area contributed by atoms with Crippen molar-refractivity contribution in [3.05, 3.63) is 99.6 Å². The lowest BCUT2D eigenvalue weighted by molar-refractivity contribution is 0.0699. The van der Waals surface area contributed by atoms with Crippen LogP contribution in [0.15, 0.2) is 74.6 Å². The number of furan rings is 1. The third kappa shape index (κ3) is 2.45. The number of hydrogen-bond acceptors (Lipinski definition) is 5. The molecule has 0 fully saturated rings. The maximum atomic E-state index is 13.3. The van der Waals surface area contributed by atoms with Gasteiger partial charge < -0.3 is 13.7 Å². The first-order valence-corrected chi connectivity index (χ1v) is 8.95. The van der Waals surface area contributed by atoms with E-state index in [2.05, 4.69) is 4.98 Å². The van der Waals surface area contributed by atoms with Crippen LogP contribution in [0, 0.1) is 6.92 Å². The van der Waals surface area contributed by atoms with Gasteiger partial charge >= 0.3 is 0 Å². The van der Waals surface area contributed by atoms with Crippen LogP contribution in [-0.4, -0.2) is 15.8 Å². The maximum absolute atomic E-state index is 13.3. The van der Waals surface area contributed by atoms with Crippen molar-refractivity contribution in [3.8, 4) is 0 Å². The minimum Gasteiger partial charge on any atom is -0.464 e. The SMILES string of the molecule is Cc1ccc(C2c3c(oc4ccccc4c3=O)C(=O)N2Cc2cccnc2)o1. The van der Waals surface area contributed by atoms with Gasteiger partial charge in [-0.1, -0.05) is 18.2 Å². The second-order valence-corrected chi connectivity index (χ2v) is 6.82. The van der Waals surface area contributed by atoms with Crippen molar-refractivity contribution in [2.24, 2.45) is 0 Å². The maximum Gasteiger partial charge on any atom is 0.291 e. The van der Waals surface area contributed by atoms with E-state index >= 15 is 0 Å². The molecule has 4 heterocycles. The highest BCUT2D eigenvalue weighted by Gasteiger charge is 2.44. The molecule has 1 atom stereocenters. The molecule has 1 amide bonds. The van der Waals surface area contributed by atoms with Crippen LogP contribution >= 0.6 is 0 Å². The summed E-state index contributed by atoms with van der Waals surface area (Å²) in [5.74, 6) is 0.992. The minimum absolute atomic E-state index is 0.0756. The molecular weight excluding hydrogens is 356 g/mol. The molecule has 4 aromatic rings. The van der Waals surface area contributed by atoms with Gasteiger partial charge in [-0.05, 0) is 42.8 Å². The van der Waals surface area contributed by atoms with Crippen molar-refractivity contribution in [2.75, 3.05) is 0 Å². The van der Waals surface area contributed by atoms with Crippen molar-refractivity contribution >= 4 is 16.9 Å². The van der Waals surface area contributed by atoms with Crippen molar-refractivity contribution in [2.45, 2.75) is 19.5 Å². The smallest absolute Gasteiger partial charge is 0.291 e. The Bertz CT molecular complexity index is 1260. The fraction of sp³-hybridized carbons (Fsp3) is 0.136. The van der Waals surface area contributed by atoms with Crippen LogP contribution in [-0.2, 0) is 6.54 Å². The highest BCUT2D eigenvalue weighted by atomic mass is 16.4. The average Bonchev–Trinajstić information content (AvgIpc) is 3.25. The number of nitrogens with zero attached hydrogens (tertiary/aromatic N) is 2. The number of rotatable bonds is 3. The Labute approximate surface area is 160 Å². The van der Waals surface area contributed by atoms with Gasteiger partial charge in [0.15, 0.2) is 5.43 Å². The third-order valence-electron chi connectivity index (χ3n) is 4.98. The Hall–Kier alpha value is -3.67. The van der Waals surface area contributed by atoms with E-state index in [0.717, 1.165) is 5.56 Å². The van der Waals surface area contributed by atoms with Gasteiger partial charge in [0, 0.05) is 18.9 Å². The van der Waals surface area contributed by atoms with E-state index in [1.54, 1.807) is 47.6 Å². The molecular formula is C22H16N2O4. The fourth-order valence-corrected chi connectivity index (χ4v) is 3.71. The number of benzene rings is 1. The van der Waals surface area contributed by atoms with Gasteiger partial charge in [-0.15, -0.1) is 0 Å². The largest absolute Gasteiger partial charge is 0.464 e. The molecule has 1 unspecified atom stereocenters. The first-order valence-electron chi connectivity index (χ1n) is 8.95. The van der Waals surface area contributed by atoms with E-state index < -0.39 is 6.04 Å². The Balaban J connectivity index is 1.73. The number of para-hydroxylation sites is 1. The van der Waals surface area contributed by atoms with E-state index in [-0.39, 0.29) is 23.6 Å². The van der Waals surface area contributed by atoms with Gasteiger partial charge in [0.1, 0.15) is 23.1 Å². The van der Waals surface area contributed by atoms with Crippen LogP contribution in [0.3, 0.4) is 0 Å². The Morgan fingerprint density at radius 1 is 1.04 bits per heavy atom. The number of fused-ring (bicyclic) bond motifs is 2. The topological polar surface area (TPSA) is 76.6 Å². The molecule has 0 saturated carbocycles. The normalized spacial score (nSPS) is 16.0. The van der Waals surface area contributed by atoms with Crippen LogP contribution in [0.2, 0.25) is 0 Å². The second-order valence-electron chi connectivity index (χ2n) is 6.82. The molecule has 138 valence electrons. The highest BCUT2D eigenvalue weighted by molar-refractivity contribution is 5.98. The summed E-state index contributed by atoms with van der Waals surface area (Å²) in [5.41, 5.74) is 1.37. The summed E-state index contributed by atoms with van der Waals surface area (Å²) in [7, 11) is 0. The van der Waals surface area contributed by atoms with E-state index in [0.29, 0.717) is 28.1 Å². The number of hydrogen-bond donors (Lipinski definition) is 0. The van der Waals surface area contributed by atoms with E-state index in [9.17, 15) is 9.59 Å². The van der Waals surface area contributed by atoms with Crippen molar-refractivity contribution in [3.63, 3.8) is 0 Å². The zero-order chi connectivity index (χ0) is 19.3. The van der Waals surface area contributed by atoms with E-state index in [1.165, 1.54) is 0 Å². The molecule has 6 nitrogen and oxygen atoms in total. The average molecular weight is 372 g/mol. The lowest BCUT2D eigenvalue weighted by atomic mass is 10.0. The molecule has 1 aliphatic rings. The van der Waals surface area contributed by atoms with Gasteiger partial charge in [-0.25, -0.2) is 0 Å². The van der Waals surface area contributed by atoms with Crippen molar-refractivity contribution in [1.82, 2.24) is 9.88 Å². The number of aromatic nitrogens is 1. The highest BCUT2D eigenvalue weighted by Crippen LogP contribution is 2.39. The van der Waals surface area contributed by atoms with Gasteiger partial charge in [0.05, 0.1) is 10.9 Å². The summed E-state index contributed by atoms with van der Waals surface area (Å²) in [5, 5.41) is 0.450. The molecule has 0 saturated heterocycles. The summed E-state index contributed by atoms with van der Waals surface area (Å²) in [6.45, 7) is 2.12. The molecule has 0 aliphatic carbocycles. The number of amides is 1. The van der Waals surface area contributed by atoms with Crippen molar-refractivity contribution < 1.29 is 13.6 Å². The summed E-state index contributed by atoms with van der Waals surface area (Å²) >= 11 is 0. The molecule has 0 radical (unpaired) electrons. The van der Waals surface area contributed by atoms with Crippen molar-refractivity contribution in [1.29, 1.82) is 0 Å². The molecule has 28 heavy (non-hydrogen) atoms. The van der Waals surface area contributed by atoms with Crippen LogP contribution < -0.4 is 5.43 Å². The lowest BCUT2D eigenvalue weighted by Crippen LogP contribution is -2.29. The molecule has 1 aliphatic heterocycles. The zero-order valence-corrected chi connectivity index (χ0v) is 15.1. The quantitative estimate of drug-likeness (QED) is 0.546. The molecule has 0 bridgehead atoms. The van der Waals surface area contributed by atoms with Crippen LogP contribution in [0.1, 0.15) is 39.2 Å². The molecule has 6 heteroatoms. The number of pyridine rings is 1. The first-order chi connectivity index (χ1) is 13.6. The summed E-state index contributed by atoms with van der Waals surface area (Å²) in [6.07, 6.45) is 3.38. The molecule has 1 aromatic carbocycles. The van der Waals surface area contributed by atoms with E-state index in [1.807, 2.05) is 25.1 Å². The van der Waals surface area contributed by atoms with Gasteiger partial charge in [-0.2, -0.15) is 0 Å². The number of aryl methyl sites for hydroxylation is 1. The molecule has 5 rings (SSSR count). The predicted octanol–water partition coefficient (Wildman–Crippen LogP) is 3.83. The predicted molar refractivity (Wildman–Crippen MR) is 102 cm³/mol. The molecule has 3 aromatic heterocycles. The van der Waals surface area contributed by atoms with E-state index in [4.69, 9.17) is 8.83 Å². The summed E-state index contributed by atoms with van der Waals surface area (Å²) < 4.78 is 11.7. The Kier molecular flexibility index (Phi) is 3.65. The summed E-state index contributed by atoms with van der Waals surface area (Å²) in [4.78, 5) is 32.2. The Morgan fingerprint density at radius 2 is 1.89 bits per heavy atom. The molecule has 0 N–H and O–H groups in total.